The smallest absolute Gasteiger partial charge is 0.0101 e. The highest BCUT2D eigenvalue weighted by Crippen LogP contribution is 2.23. The summed E-state index contributed by atoms with van der Waals surface area (Å²) in [5.41, 5.74) is 1.44. The molecular formula is C15H26N2. The van der Waals surface area contributed by atoms with Crippen LogP contribution < -0.4 is 5.32 Å². The maximum atomic E-state index is 3.55. The third-order valence-corrected chi connectivity index (χ3v) is 3.13. The van der Waals surface area contributed by atoms with Crippen LogP contribution in [-0.4, -0.2) is 38.6 Å². The Hall–Kier alpha value is -0.860. The van der Waals surface area contributed by atoms with Gasteiger partial charge in [0.25, 0.3) is 0 Å². The Balaban J connectivity index is 2.45. The first-order valence-corrected chi connectivity index (χ1v) is 6.51. The zero-order chi connectivity index (χ0) is 12.7. The maximum absolute atomic E-state index is 3.55. The number of nitrogens with zero attached hydrogens (tertiary/aromatic N) is 1. The standard InChI is InChI=1S/C15H26N2/c1-13(2)15(12-16-10-11-17(3)4)14-8-6-5-7-9-14/h5-9,13,15-16H,10-12H2,1-4H3. The summed E-state index contributed by atoms with van der Waals surface area (Å²) < 4.78 is 0. The summed E-state index contributed by atoms with van der Waals surface area (Å²) in [4.78, 5) is 2.21. The molecule has 2 nitrogen and oxygen atoms in total. The topological polar surface area (TPSA) is 15.3 Å². The van der Waals surface area contributed by atoms with Crippen molar-refractivity contribution in [2.75, 3.05) is 33.7 Å². The summed E-state index contributed by atoms with van der Waals surface area (Å²) in [7, 11) is 4.22. The van der Waals surface area contributed by atoms with Gasteiger partial charge >= 0.3 is 0 Å². The Morgan fingerprint density at radius 3 is 2.29 bits per heavy atom. The van der Waals surface area contributed by atoms with Gasteiger partial charge in [-0.2, -0.15) is 0 Å². The number of likely N-dealkylation sites (N-methyl/N-ethyl adjacent to an activating group) is 1. The fraction of sp³-hybridized carbons (Fsp3) is 0.600. The molecule has 0 bridgehead atoms. The van der Waals surface area contributed by atoms with Crippen molar-refractivity contribution >= 4 is 0 Å². The molecule has 1 aromatic rings. The SMILES string of the molecule is CC(C)C(CNCCN(C)C)c1ccccc1. The van der Waals surface area contributed by atoms with Gasteiger partial charge in [-0.25, -0.2) is 0 Å². The van der Waals surface area contributed by atoms with Crippen LogP contribution in [0.25, 0.3) is 0 Å². The summed E-state index contributed by atoms with van der Waals surface area (Å²) >= 11 is 0. The van der Waals surface area contributed by atoms with Crippen LogP contribution in [0.3, 0.4) is 0 Å². The monoisotopic (exact) mass is 234 g/mol. The first-order valence-electron chi connectivity index (χ1n) is 6.51. The third kappa shape index (κ3) is 5.33. The second kappa shape index (κ2) is 7.46. The van der Waals surface area contributed by atoms with Gasteiger partial charge in [-0.1, -0.05) is 44.2 Å². The Bertz CT molecular complexity index is 293. The summed E-state index contributed by atoms with van der Waals surface area (Å²) in [5, 5.41) is 3.55. The highest BCUT2D eigenvalue weighted by Gasteiger charge is 2.14. The van der Waals surface area contributed by atoms with Crippen molar-refractivity contribution in [2.45, 2.75) is 19.8 Å². The minimum absolute atomic E-state index is 0.610. The molecule has 0 saturated carbocycles. The van der Waals surface area contributed by atoms with Crippen molar-refractivity contribution in [3.05, 3.63) is 35.9 Å². The van der Waals surface area contributed by atoms with Crippen LogP contribution in [0.5, 0.6) is 0 Å². The van der Waals surface area contributed by atoms with E-state index in [0.717, 1.165) is 19.6 Å². The summed E-state index contributed by atoms with van der Waals surface area (Å²) in [6.45, 7) is 7.81. The normalized spacial score (nSPS) is 13.3. The van der Waals surface area contributed by atoms with E-state index in [2.05, 4.69) is 68.5 Å². The fourth-order valence-corrected chi connectivity index (χ4v) is 2.00. The number of nitrogens with one attached hydrogen (secondary N) is 1. The summed E-state index contributed by atoms with van der Waals surface area (Å²) in [5.74, 6) is 1.28. The molecule has 0 spiro atoms. The van der Waals surface area contributed by atoms with Crippen molar-refractivity contribution in [3.63, 3.8) is 0 Å². The largest absolute Gasteiger partial charge is 0.315 e. The van der Waals surface area contributed by atoms with Gasteiger partial charge in [-0.05, 0) is 31.5 Å². The average molecular weight is 234 g/mol. The highest BCUT2D eigenvalue weighted by atomic mass is 15.1. The number of hydrogen-bond acceptors (Lipinski definition) is 2. The van der Waals surface area contributed by atoms with Crippen molar-refractivity contribution < 1.29 is 0 Å². The van der Waals surface area contributed by atoms with Crippen molar-refractivity contribution in [2.24, 2.45) is 5.92 Å². The molecule has 1 rings (SSSR count). The highest BCUT2D eigenvalue weighted by molar-refractivity contribution is 5.20. The lowest BCUT2D eigenvalue weighted by Gasteiger charge is -2.22. The van der Waals surface area contributed by atoms with Gasteiger partial charge in [-0.3, -0.25) is 0 Å². The Labute approximate surface area is 106 Å². The first-order chi connectivity index (χ1) is 8.11. The van der Waals surface area contributed by atoms with Crippen LogP contribution in [0, 0.1) is 5.92 Å². The molecule has 0 amide bonds. The molecule has 17 heavy (non-hydrogen) atoms. The Morgan fingerprint density at radius 2 is 1.76 bits per heavy atom. The molecule has 2 heteroatoms. The second-order valence-corrected chi connectivity index (χ2v) is 5.27. The maximum Gasteiger partial charge on any atom is 0.0101 e. The van der Waals surface area contributed by atoms with Gasteiger partial charge in [-0.15, -0.1) is 0 Å². The molecule has 0 saturated heterocycles. The van der Waals surface area contributed by atoms with Gasteiger partial charge in [0.15, 0.2) is 0 Å². The van der Waals surface area contributed by atoms with E-state index >= 15 is 0 Å². The number of hydrogen-bond donors (Lipinski definition) is 1. The Morgan fingerprint density at radius 1 is 1.12 bits per heavy atom. The van der Waals surface area contributed by atoms with E-state index in [1.54, 1.807) is 0 Å². The molecule has 0 heterocycles. The van der Waals surface area contributed by atoms with E-state index in [4.69, 9.17) is 0 Å². The molecule has 0 aliphatic rings. The molecule has 96 valence electrons. The molecule has 0 fully saturated rings. The van der Waals surface area contributed by atoms with Crippen LogP contribution >= 0.6 is 0 Å². The predicted molar refractivity (Wildman–Crippen MR) is 75.4 cm³/mol. The summed E-state index contributed by atoms with van der Waals surface area (Å²) in [6.07, 6.45) is 0. The minimum Gasteiger partial charge on any atom is -0.315 e. The molecule has 0 aliphatic heterocycles. The van der Waals surface area contributed by atoms with E-state index < -0.39 is 0 Å². The molecule has 1 aromatic carbocycles. The Kier molecular flexibility index (Phi) is 6.23. The zero-order valence-corrected chi connectivity index (χ0v) is 11.6. The molecule has 0 aromatic heterocycles. The van der Waals surface area contributed by atoms with Crippen LogP contribution in [0.2, 0.25) is 0 Å². The van der Waals surface area contributed by atoms with Gasteiger partial charge in [0.2, 0.25) is 0 Å². The molecule has 1 unspecified atom stereocenters. The van der Waals surface area contributed by atoms with Crippen LogP contribution in [0.1, 0.15) is 25.3 Å². The second-order valence-electron chi connectivity index (χ2n) is 5.27. The average Bonchev–Trinajstić information content (AvgIpc) is 2.29. The fourth-order valence-electron chi connectivity index (χ4n) is 2.00. The van der Waals surface area contributed by atoms with Gasteiger partial charge in [0.05, 0.1) is 0 Å². The lowest BCUT2D eigenvalue weighted by molar-refractivity contribution is 0.385. The van der Waals surface area contributed by atoms with E-state index in [0.29, 0.717) is 11.8 Å². The summed E-state index contributed by atoms with van der Waals surface area (Å²) in [6, 6.07) is 10.8. The third-order valence-electron chi connectivity index (χ3n) is 3.13. The van der Waals surface area contributed by atoms with Crippen molar-refractivity contribution in [3.8, 4) is 0 Å². The minimum atomic E-state index is 0.610. The zero-order valence-electron chi connectivity index (χ0n) is 11.6. The van der Waals surface area contributed by atoms with Crippen LogP contribution in [-0.2, 0) is 0 Å². The van der Waals surface area contributed by atoms with E-state index in [-0.39, 0.29) is 0 Å². The quantitative estimate of drug-likeness (QED) is 0.730. The molecule has 0 radical (unpaired) electrons. The molecule has 1 atom stereocenters. The van der Waals surface area contributed by atoms with E-state index in [1.807, 2.05) is 0 Å². The lowest BCUT2D eigenvalue weighted by Crippen LogP contribution is -2.31. The lowest BCUT2D eigenvalue weighted by atomic mass is 9.88. The van der Waals surface area contributed by atoms with Gasteiger partial charge in [0, 0.05) is 19.6 Å². The van der Waals surface area contributed by atoms with Gasteiger partial charge < -0.3 is 10.2 Å². The number of benzene rings is 1. The molecular weight excluding hydrogens is 208 g/mol. The van der Waals surface area contributed by atoms with Crippen LogP contribution in [0.15, 0.2) is 30.3 Å². The van der Waals surface area contributed by atoms with Crippen LogP contribution in [0.4, 0.5) is 0 Å². The molecule has 0 aliphatic carbocycles. The van der Waals surface area contributed by atoms with Gasteiger partial charge in [0.1, 0.15) is 0 Å². The van der Waals surface area contributed by atoms with Crippen molar-refractivity contribution in [1.82, 2.24) is 10.2 Å². The van der Waals surface area contributed by atoms with Crippen molar-refractivity contribution in [1.29, 1.82) is 0 Å². The molecule has 1 N–H and O–H groups in total. The first kappa shape index (κ1) is 14.2. The number of rotatable bonds is 7. The van der Waals surface area contributed by atoms with E-state index in [9.17, 15) is 0 Å². The van der Waals surface area contributed by atoms with E-state index in [1.165, 1.54) is 5.56 Å². The predicted octanol–water partition coefficient (Wildman–Crippen LogP) is 2.58.